The van der Waals surface area contributed by atoms with Gasteiger partial charge in [0.2, 0.25) is 0 Å². The molecule has 0 amide bonds. The summed E-state index contributed by atoms with van der Waals surface area (Å²) < 4.78 is 26.5. The Morgan fingerprint density at radius 1 is 1.61 bits per heavy atom. The zero-order valence-corrected chi connectivity index (χ0v) is 11.6. The van der Waals surface area contributed by atoms with Crippen LogP contribution in [0, 0.1) is 5.92 Å². The van der Waals surface area contributed by atoms with Gasteiger partial charge in [0.15, 0.2) is 5.03 Å². The zero-order chi connectivity index (χ0) is 13.3. The monoisotopic (exact) mass is 272 g/mol. The van der Waals surface area contributed by atoms with Gasteiger partial charge < -0.3 is 10.7 Å². The van der Waals surface area contributed by atoms with E-state index in [1.165, 1.54) is 10.5 Å². The zero-order valence-electron chi connectivity index (χ0n) is 10.8. The molecule has 102 valence electrons. The first-order valence-corrected chi connectivity index (χ1v) is 7.70. The van der Waals surface area contributed by atoms with E-state index in [0.29, 0.717) is 31.3 Å². The van der Waals surface area contributed by atoms with Crippen molar-refractivity contribution in [3.05, 3.63) is 12.0 Å². The number of aromatic amines is 1. The molecule has 7 heteroatoms. The number of imidazole rings is 1. The summed E-state index contributed by atoms with van der Waals surface area (Å²) in [4.78, 5) is 6.91. The molecular formula is C11H20N4O2S. The van der Waals surface area contributed by atoms with E-state index in [9.17, 15) is 8.42 Å². The summed E-state index contributed by atoms with van der Waals surface area (Å²) in [6.45, 7) is 4.86. The van der Waals surface area contributed by atoms with Gasteiger partial charge >= 0.3 is 0 Å². The molecule has 0 aromatic carbocycles. The van der Waals surface area contributed by atoms with E-state index in [-0.39, 0.29) is 11.1 Å². The fraction of sp³-hybridized carbons (Fsp3) is 0.727. The number of sulfonamides is 1. The molecular weight excluding hydrogens is 252 g/mol. The minimum absolute atomic E-state index is 0.108. The van der Waals surface area contributed by atoms with Gasteiger partial charge in [0.1, 0.15) is 5.82 Å². The lowest BCUT2D eigenvalue weighted by molar-refractivity contribution is 0.353. The molecule has 1 fully saturated rings. The summed E-state index contributed by atoms with van der Waals surface area (Å²) in [6.07, 6.45) is 2.94. The second-order valence-corrected chi connectivity index (χ2v) is 6.59. The summed E-state index contributed by atoms with van der Waals surface area (Å²) >= 11 is 0. The van der Waals surface area contributed by atoms with Crippen molar-refractivity contribution >= 4 is 10.0 Å². The molecule has 2 unspecified atom stereocenters. The first-order valence-electron chi connectivity index (χ1n) is 6.26. The number of hydrogen-bond donors (Lipinski definition) is 2. The molecule has 1 aromatic heterocycles. The molecule has 1 aliphatic rings. The fourth-order valence-electron chi connectivity index (χ4n) is 2.40. The molecule has 0 aliphatic carbocycles. The molecule has 3 N–H and O–H groups in total. The molecule has 18 heavy (non-hydrogen) atoms. The molecule has 6 nitrogen and oxygen atoms in total. The Balaban J connectivity index is 2.31. The number of nitrogens with zero attached hydrogens (tertiary/aromatic N) is 2. The molecule has 1 aromatic rings. The van der Waals surface area contributed by atoms with E-state index in [2.05, 4.69) is 9.97 Å². The van der Waals surface area contributed by atoms with Crippen molar-refractivity contribution in [2.75, 3.05) is 13.1 Å². The highest BCUT2D eigenvalue weighted by Crippen LogP contribution is 2.28. The standard InChI is InChI=1S/C11H20N4O2S/c1-3-10-13-7-11(14-10)18(16,17)15-5-4-8(2)9(15)6-12/h7-9H,3-6,12H2,1-2H3,(H,13,14). The Morgan fingerprint density at radius 3 is 2.89 bits per heavy atom. The summed E-state index contributed by atoms with van der Waals surface area (Å²) in [7, 11) is -3.49. The molecule has 0 spiro atoms. The number of nitrogens with two attached hydrogens (primary N) is 1. The summed E-state index contributed by atoms with van der Waals surface area (Å²) in [5.74, 6) is 0.989. The second kappa shape index (κ2) is 4.99. The number of nitrogens with one attached hydrogen (secondary N) is 1. The highest BCUT2D eigenvalue weighted by atomic mass is 32.2. The van der Waals surface area contributed by atoms with Crippen molar-refractivity contribution in [1.82, 2.24) is 14.3 Å². The van der Waals surface area contributed by atoms with Crippen LogP contribution in [0.2, 0.25) is 0 Å². The van der Waals surface area contributed by atoms with Crippen LogP contribution in [0.25, 0.3) is 0 Å². The third kappa shape index (κ3) is 2.17. The third-order valence-corrected chi connectivity index (χ3v) is 5.43. The first kappa shape index (κ1) is 13.5. The molecule has 1 aliphatic heterocycles. The van der Waals surface area contributed by atoms with Crippen molar-refractivity contribution in [2.45, 2.75) is 37.8 Å². The molecule has 2 rings (SSSR count). The Hall–Kier alpha value is -0.920. The lowest BCUT2D eigenvalue weighted by Gasteiger charge is -2.24. The van der Waals surface area contributed by atoms with Gasteiger partial charge in [0, 0.05) is 25.6 Å². The quantitative estimate of drug-likeness (QED) is 0.826. The lowest BCUT2D eigenvalue weighted by Crippen LogP contribution is -2.42. The van der Waals surface area contributed by atoms with Crippen LogP contribution < -0.4 is 5.73 Å². The Bertz CT molecular complexity index is 511. The Labute approximate surface area is 108 Å². The van der Waals surface area contributed by atoms with Gasteiger partial charge in [-0.05, 0) is 12.3 Å². The van der Waals surface area contributed by atoms with E-state index in [1.807, 2.05) is 13.8 Å². The number of hydrogen-bond acceptors (Lipinski definition) is 4. The van der Waals surface area contributed by atoms with Gasteiger partial charge in [-0.15, -0.1) is 0 Å². The number of aromatic nitrogens is 2. The normalized spacial score (nSPS) is 25.7. The van der Waals surface area contributed by atoms with E-state index in [0.717, 1.165) is 6.42 Å². The Morgan fingerprint density at radius 2 is 2.33 bits per heavy atom. The van der Waals surface area contributed by atoms with Crippen LogP contribution in [-0.2, 0) is 16.4 Å². The second-order valence-electron chi connectivity index (χ2n) is 4.73. The smallest absolute Gasteiger partial charge is 0.260 e. The topological polar surface area (TPSA) is 92.1 Å². The maximum Gasteiger partial charge on any atom is 0.260 e. The summed E-state index contributed by atoms with van der Waals surface area (Å²) in [5.41, 5.74) is 5.69. The molecule has 2 atom stereocenters. The van der Waals surface area contributed by atoms with Crippen molar-refractivity contribution in [2.24, 2.45) is 11.7 Å². The minimum Gasteiger partial charge on any atom is -0.332 e. The van der Waals surface area contributed by atoms with E-state index >= 15 is 0 Å². The number of rotatable bonds is 4. The highest BCUT2D eigenvalue weighted by molar-refractivity contribution is 7.89. The van der Waals surface area contributed by atoms with Crippen LogP contribution in [0.3, 0.4) is 0 Å². The summed E-state index contributed by atoms with van der Waals surface area (Å²) in [5, 5.41) is 0.173. The maximum atomic E-state index is 12.5. The predicted molar refractivity (Wildman–Crippen MR) is 68.5 cm³/mol. The van der Waals surface area contributed by atoms with E-state index < -0.39 is 10.0 Å². The van der Waals surface area contributed by atoms with Gasteiger partial charge in [-0.1, -0.05) is 13.8 Å². The maximum absolute atomic E-state index is 12.5. The SMILES string of the molecule is CCc1ncc(S(=O)(=O)N2CCC(C)C2CN)[nH]1. The average Bonchev–Trinajstić information content (AvgIpc) is 2.95. The van der Waals surface area contributed by atoms with Crippen molar-refractivity contribution in [3.63, 3.8) is 0 Å². The number of H-pyrrole nitrogens is 1. The minimum atomic E-state index is -3.49. The van der Waals surface area contributed by atoms with Gasteiger partial charge in [0.25, 0.3) is 10.0 Å². The molecule has 0 saturated carbocycles. The van der Waals surface area contributed by atoms with Crippen LogP contribution >= 0.6 is 0 Å². The summed E-state index contributed by atoms with van der Waals surface area (Å²) in [6, 6.07) is -0.108. The van der Waals surface area contributed by atoms with Crippen LogP contribution in [0.15, 0.2) is 11.2 Å². The van der Waals surface area contributed by atoms with Gasteiger partial charge in [0.05, 0.1) is 6.20 Å². The first-order chi connectivity index (χ1) is 8.50. The average molecular weight is 272 g/mol. The third-order valence-electron chi connectivity index (χ3n) is 3.60. The predicted octanol–water partition coefficient (Wildman–Crippen LogP) is 0.330. The molecule has 0 bridgehead atoms. The van der Waals surface area contributed by atoms with Crippen molar-refractivity contribution in [3.8, 4) is 0 Å². The number of aryl methyl sites for hydroxylation is 1. The van der Waals surface area contributed by atoms with Crippen molar-refractivity contribution < 1.29 is 8.42 Å². The Kier molecular flexibility index (Phi) is 3.74. The largest absolute Gasteiger partial charge is 0.332 e. The molecule has 2 heterocycles. The van der Waals surface area contributed by atoms with Crippen LogP contribution in [-0.4, -0.2) is 41.8 Å². The van der Waals surface area contributed by atoms with E-state index in [4.69, 9.17) is 5.73 Å². The highest BCUT2D eigenvalue weighted by Gasteiger charge is 2.39. The van der Waals surface area contributed by atoms with Crippen LogP contribution in [0.5, 0.6) is 0 Å². The van der Waals surface area contributed by atoms with Crippen LogP contribution in [0.4, 0.5) is 0 Å². The van der Waals surface area contributed by atoms with E-state index in [1.54, 1.807) is 0 Å². The molecule has 1 saturated heterocycles. The van der Waals surface area contributed by atoms with Gasteiger partial charge in [-0.3, -0.25) is 0 Å². The molecule has 0 radical (unpaired) electrons. The van der Waals surface area contributed by atoms with Crippen molar-refractivity contribution in [1.29, 1.82) is 0 Å². The lowest BCUT2D eigenvalue weighted by atomic mass is 10.0. The van der Waals surface area contributed by atoms with Gasteiger partial charge in [-0.2, -0.15) is 4.31 Å². The van der Waals surface area contributed by atoms with Gasteiger partial charge in [-0.25, -0.2) is 13.4 Å². The fourth-order valence-corrected chi connectivity index (χ4v) is 4.08. The van der Waals surface area contributed by atoms with Crippen LogP contribution in [0.1, 0.15) is 26.1 Å².